The van der Waals surface area contributed by atoms with Gasteiger partial charge in [-0.3, -0.25) is 0 Å². The highest BCUT2D eigenvalue weighted by atomic mass is 16.6. The summed E-state index contributed by atoms with van der Waals surface area (Å²) in [5, 5.41) is 4.31. The third-order valence-electron chi connectivity index (χ3n) is 4.25. The van der Waals surface area contributed by atoms with E-state index < -0.39 is 0 Å². The first kappa shape index (κ1) is 12.5. The predicted molar refractivity (Wildman–Crippen MR) is 77.0 cm³/mol. The van der Waals surface area contributed by atoms with Crippen molar-refractivity contribution in [2.24, 2.45) is 11.1 Å². The zero-order chi connectivity index (χ0) is 13.2. The summed E-state index contributed by atoms with van der Waals surface area (Å²) in [5.41, 5.74) is 2.52. The van der Waals surface area contributed by atoms with Gasteiger partial charge in [0.15, 0.2) is 6.10 Å². The first-order valence-electron chi connectivity index (χ1n) is 7.26. The third-order valence-corrected chi connectivity index (χ3v) is 4.25. The quantitative estimate of drug-likeness (QED) is 0.770. The van der Waals surface area contributed by atoms with Gasteiger partial charge in [-0.05, 0) is 31.2 Å². The van der Waals surface area contributed by atoms with Crippen molar-refractivity contribution in [1.82, 2.24) is 4.90 Å². The van der Waals surface area contributed by atoms with Gasteiger partial charge in [-0.15, -0.1) is 0 Å². The molecule has 0 spiro atoms. The molecular formula is C16H22N2O. The number of nitrogens with zero attached hydrogens (tertiary/aromatic N) is 2. The van der Waals surface area contributed by atoms with E-state index >= 15 is 0 Å². The summed E-state index contributed by atoms with van der Waals surface area (Å²) < 4.78 is 0. The van der Waals surface area contributed by atoms with Gasteiger partial charge < -0.3 is 9.74 Å². The second-order valence-electron chi connectivity index (χ2n) is 5.89. The summed E-state index contributed by atoms with van der Waals surface area (Å²) in [4.78, 5) is 8.01. The monoisotopic (exact) mass is 258 g/mol. The van der Waals surface area contributed by atoms with Crippen LogP contribution in [0, 0.1) is 12.8 Å². The largest absolute Gasteiger partial charge is 0.386 e. The zero-order valence-corrected chi connectivity index (χ0v) is 11.8. The minimum Gasteiger partial charge on any atom is -0.386 e. The highest BCUT2D eigenvalue weighted by Crippen LogP contribution is 2.29. The molecule has 0 saturated carbocycles. The number of piperidine rings is 1. The fraction of sp³-hybridized carbons (Fsp3) is 0.562. The van der Waals surface area contributed by atoms with Crippen molar-refractivity contribution < 1.29 is 4.84 Å². The summed E-state index contributed by atoms with van der Waals surface area (Å²) in [6, 6.07) is 8.58. The lowest BCUT2D eigenvalue weighted by molar-refractivity contribution is 0.0855. The molecule has 1 aromatic rings. The first-order chi connectivity index (χ1) is 9.22. The van der Waals surface area contributed by atoms with E-state index in [9.17, 15) is 0 Å². The van der Waals surface area contributed by atoms with Crippen molar-refractivity contribution >= 4 is 5.84 Å². The summed E-state index contributed by atoms with van der Waals surface area (Å²) >= 11 is 0. The van der Waals surface area contributed by atoms with Gasteiger partial charge in [0, 0.05) is 13.1 Å². The Morgan fingerprint density at radius 2 is 1.84 bits per heavy atom. The van der Waals surface area contributed by atoms with Gasteiger partial charge in [0.1, 0.15) is 5.84 Å². The van der Waals surface area contributed by atoms with Crippen LogP contribution in [0.15, 0.2) is 29.4 Å². The molecule has 1 unspecified atom stereocenters. The summed E-state index contributed by atoms with van der Waals surface area (Å²) in [7, 11) is 0. The van der Waals surface area contributed by atoms with Crippen LogP contribution < -0.4 is 0 Å². The molecule has 102 valence electrons. The van der Waals surface area contributed by atoms with Gasteiger partial charge in [0.2, 0.25) is 0 Å². The highest BCUT2D eigenvalue weighted by molar-refractivity contribution is 5.83. The van der Waals surface area contributed by atoms with E-state index in [1.165, 1.54) is 24.0 Å². The molecule has 0 amide bonds. The third kappa shape index (κ3) is 2.75. The molecule has 1 aromatic carbocycles. The smallest absolute Gasteiger partial charge is 0.159 e. The van der Waals surface area contributed by atoms with Crippen LogP contribution in [0.25, 0.3) is 0 Å². The molecule has 0 radical (unpaired) electrons. The maximum absolute atomic E-state index is 5.62. The molecule has 3 rings (SSSR count). The fourth-order valence-corrected chi connectivity index (χ4v) is 2.78. The van der Waals surface area contributed by atoms with Crippen LogP contribution in [0.3, 0.4) is 0 Å². The minimum atomic E-state index is 0.106. The Morgan fingerprint density at radius 1 is 1.16 bits per heavy atom. The highest BCUT2D eigenvalue weighted by Gasteiger charge is 2.28. The van der Waals surface area contributed by atoms with Crippen molar-refractivity contribution in [3.63, 3.8) is 0 Å². The first-order valence-corrected chi connectivity index (χ1v) is 7.26. The average Bonchev–Trinajstić information content (AvgIpc) is 2.90. The molecule has 0 N–H and O–H groups in total. The average molecular weight is 258 g/mol. The van der Waals surface area contributed by atoms with Crippen LogP contribution in [0.2, 0.25) is 0 Å². The van der Waals surface area contributed by atoms with Gasteiger partial charge in [0.05, 0.1) is 6.42 Å². The number of amidine groups is 1. The van der Waals surface area contributed by atoms with Crippen LogP contribution in [0.5, 0.6) is 0 Å². The Morgan fingerprint density at radius 3 is 2.53 bits per heavy atom. The van der Waals surface area contributed by atoms with Crippen molar-refractivity contribution in [2.75, 3.05) is 13.1 Å². The zero-order valence-electron chi connectivity index (χ0n) is 11.8. The molecule has 1 atom stereocenters. The Kier molecular flexibility index (Phi) is 3.45. The Hall–Kier alpha value is -1.51. The number of aryl methyl sites for hydroxylation is 1. The topological polar surface area (TPSA) is 24.8 Å². The fourth-order valence-electron chi connectivity index (χ4n) is 2.78. The molecule has 1 fully saturated rings. The van der Waals surface area contributed by atoms with Crippen LogP contribution in [0.4, 0.5) is 0 Å². The summed E-state index contributed by atoms with van der Waals surface area (Å²) in [5.74, 6) is 1.99. The number of hydrogen-bond acceptors (Lipinski definition) is 3. The van der Waals surface area contributed by atoms with Crippen molar-refractivity contribution in [2.45, 2.75) is 39.2 Å². The van der Waals surface area contributed by atoms with E-state index in [1.54, 1.807) is 0 Å². The number of oxime groups is 1. The van der Waals surface area contributed by atoms with Gasteiger partial charge in [-0.2, -0.15) is 0 Å². The standard InChI is InChI=1S/C16H22N2O/c1-12-3-5-14(6-4-12)15-11-16(17-19-15)18-9-7-13(2)8-10-18/h3-6,13,15H,7-11H2,1-2H3. The van der Waals surface area contributed by atoms with E-state index in [4.69, 9.17) is 4.84 Å². The lowest BCUT2D eigenvalue weighted by atomic mass is 9.98. The van der Waals surface area contributed by atoms with Crippen LogP contribution in [-0.4, -0.2) is 23.8 Å². The maximum Gasteiger partial charge on any atom is 0.159 e. The Balaban J connectivity index is 1.61. The van der Waals surface area contributed by atoms with Gasteiger partial charge in [-0.25, -0.2) is 0 Å². The minimum absolute atomic E-state index is 0.106. The normalized spacial score (nSPS) is 24.2. The molecule has 2 heterocycles. The van der Waals surface area contributed by atoms with Crippen LogP contribution in [0.1, 0.15) is 43.4 Å². The SMILES string of the molecule is Cc1ccc(C2CC(N3CCC(C)CC3)=NO2)cc1. The van der Waals surface area contributed by atoms with Crippen LogP contribution >= 0.6 is 0 Å². The number of likely N-dealkylation sites (tertiary alicyclic amines) is 1. The van der Waals surface area contributed by atoms with Gasteiger partial charge >= 0.3 is 0 Å². The molecule has 0 bridgehead atoms. The molecule has 19 heavy (non-hydrogen) atoms. The van der Waals surface area contributed by atoms with E-state index in [1.807, 2.05) is 0 Å². The Labute approximate surface area is 115 Å². The summed E-state index contributed by atoms with van der Waals surface area (Å²) in [6.07, 6.45) is 3.56. The molecule has 3 heteroatoms. The molecule has 3 nitrogen and oxygen atoms in total. The van der Waals surface area contributed by atoms with E-state index in [-0.39, 0.29) is 6.10 Å². The number of rotatable bonds is 1. The Bertz CT molecular complexity index is 458. The van der Waals surface area contributed by atoms with E-state index in [0.29, 0.717) is 0 Å². The second kappa shape index (κ2) is 5.24. The van der Waals surface area contributed by atoms with E-state index in [2.05, 4.69) is 48.2 Å². The molecule has 2 aliphatic heterocycles. The van der Waals surface area contributed by atoms with Crippen molar-refractivity contribution in [3.8, 4) is 0 Å². The van der Waals surface area contributed by atoms with Crippen molar-refractivity contribution in [3.05, 3.63) is 35.4 Å². The lowest BCUT2D eigenvalue weighted by Gasteiger charge is -2.31. The van der Waals surface area contributed by atoms with Gasteiger partial charge in [0.25, 0.3) is 0 Å². The predicted octanol–water partition coefficient (Wildman–Crippen LogP) is 3.50. The van der Waals surface area contributed by atoms with E-state index in [0.717, 1.165) is 31.3 Å². The van der Waals surface area contributed by atoms with Crippen molar-refractivity contribution in [1.29, 1.82) is 0 Å². The molecule has 0 aromatic heterocycles. The number of hydrogen-bond donors (Lipinski definition) is 0. The lowest BCUT2D eigenvalue weighted by Crippen LogP contribution is -2.37. The van der Waals surface area contributed by atoms with Gasteiger partial charge in [-0.1, -0.05) is 41.9 Å². The summed E-state index contributed by atoms with van der Waals surface area (Å²) in [6.45, 7) is 6.70. The maximum atomic E-state index is 5.62. The van der Waals surface area contributed by atoms with Crippen LogP contribution in [-0.2, 0) is 4.84 Å². The second-order valence-corrected chi connectivity index (χ2v) is 5.89. The number of benzene rings is 1. The molecular weight excluding hydrogens is 236 g/mol. The molecule has 1 saturated heterocycles. The molecule has 0 aliphatic carbocycles. The molecule has 2 aliphatic rings.